The number of nitrogens with one attached hydrogen (secondary N) is 1. The average Bonchev–Trinajstić information content (AvgIpc) is 2.81. The van der Waals surface area contributed by atoms with E-state index in [1.54, 1.807) is 6.20 Å². The molecular formula is C12H12Cl2N2. The molecule has 2 aliphatic rings. The van der Waals surface area contributed by atoms with Crippen molar-refractivity contribution in [2.75, 3.05) is 6.54 Å². The highest BCUT2D eigenvalue weighted by Gasteiger charge is 2.31. The summed E-state index contributed by atoms with van der Waals surface area (Å²) in [6.45, 7) is 1.14. The number of fused-ring (bicyclic) bond motifs is 1. The molecule has 84 valence electrons. The zero-order valence-corrected chi connectivity index (χ0v) is 10.2. The molecule has 0 spiro atoms. The topological polar surface area (TPSA) is 24.9 Å². The molecule has 1 saturated heterocycles. The molecule has 16 heavy (non-hydrogen) atoms. The molecule has 0 amide bonds. The van der Waals surface area contributed by atoms with Crippen molar-refractivity contribution < 1.29 is 0 Å². The second-order valence-electron chi connectivity index (χ2n) is 4.41. The van der Waals surface area contributed by atoms with Crippen LogP contribution >= 0.6 is 23.2 Å². The molecule has 1 N–H and O–H groups in total. The van der Waals surface area contributed by atoms with Crippen LogP contribution in [0.1, 0.15) is 18.4 Å². The fraction of sp³-hybridized carbons (Fsp3) is 0.417. The molecule has 1 fully saturated rings. The van der Waals surface area contributed by atoms with Gasteiger partial charge in [-0.1, -0.05) is 29.3 Å². The van der Waals surface area contributed by atoms with Gasteiger partial charge in [-0.15, -0.1) is 0 Å². The third-order valence-corrected chi connectivity index (χ3v) is 4.11. The Morgan fingerprint density at radius 3 is 3.00 bits per heavy atom. The van der Waals surface area contributed by atoms with Crippen LogP contribution in [-0.4, -0.2) is 17.6 Å². The summed E-state index contributed by atoms with van der Waals surface area (Å²) in [6, 6.07) is 2.52. The van der Waals surface area contributed by atoms with E-state index in [4.69, 9.17) is 23.2 Å². The lowest BCUT2D eigenvalue weighted by Gasteiger charge is -2.08. The Morgan fingerprint density at radius 2 is 2.25 bits per heavy atom. The van der Waals surface area contributed by atoms with E-state index in [0.29, 0.717) is 22.1 Å². The first-order valence-electron chi connectivity index (χ1n) is 5.49. The largest absolute Gasteiger partial charge is 0.313 e. The van der Waals surface area contributed by atoms with Crippen LogP contribution in [0.3, 0.4) is 0 Å². The fourth-order valence-corrected chi connectivity index (χ4v) is 2.85. The second-order valence-corrected chi connectivity index (χ2v) is 5.17. The maximum Gasteiger partial charge on any atom is 0.147 e. The minimum Gasteiger partial charge on any atom is -0.313 e. The zero-order valence-electron chi connectivity index (χ0n) is 8.71. The summed E-state index contributed by atoms with van der Waals surface area (Å²) in [5.41, 5.74) is 2.44. The summed E-state index contributed by atoms with van der Waals surface area (Å²) < 4.78 is 0. The van der Waals surface area contributed by atoms with Crippen LogP contribution in [0.4, 0.5) is 0 Å². The minimum atomic E-state index is 0.377. The van der Waals surface area contributed by atoms with Crippen molar-refractivity contribution in [3.05, 3.63) is 34.1 Å². The predicted molar refractivity (Wildman–Crippen MR) is 66.7 cm³/mol. The van der Waals surface area contributed by atoms with Gasteiger partial charge in [0.1, 0.15) is 5.15 Å². The molecule has 1 aliphatic heterocycles. The number of hydrogen-bond acceptors (Lipinski definition) is 2. The number of pyridine rings is 1. The molecule has 0 radical (unpaired) electrons. The molecule has 1 aliphatic carbocycles. The molecule has 0 aromatic carbocycles. The van der Waals surface area contributed by atoms with Crippen LogP contribution in [0, 0.1) is 5.92 Å². The van der Waals surface area contributed by atoms with E-state index in [1.807, 2.05) is 6.07 Å². The predicted octanol–water partition coefficient (Wildman–Crippen LogP) is 3.15. The summed E-state index contributed by atoms with van der Waals surface area (Å²) >= 11 is 11.8. The van der Waals surface area contributed by atoms with Gasteiger partial charge in [-0.3, -0.25) is 0 Å². The first-order valence-corrected chi connectivity index (χ1v) is 6.25. The van der Waals surface area contributed by atoms with E-state index in [9.17, 15) is 0 Å². The molecule has 2 heterocycles. The van der Waals surface area contributed by atoms with Crippen molar-refractivity contribution >= 4 is 28.8 Å². The van der Waals surface area contributed by atoms with Gasteiger partial charge in [-0.2, -0.15) is 0 Å². The fourth-order valence-electron chi connectivity index (χ4n) is 2.59. The van der Waals surface area contributed by atoms with Crippen molar-refractivity contribution in [2.24, 2.45) is 5.92 Å². The molecule has 0 bridgehead atoms. The Balaban J connectivity index is 1.90. The lowest BCUT2D eigenvalue weighted by Crippen LogP contribution is -2.22. The Bertz CT molecular complexity index is 456. The molecule has 0 saturated carbocycles. The smallest absolute Gasteiger partial charge is 0.147 e. The minimum absolute atomic E-state index is 0.377. The van der Waals surface area contributed by atoms with Crippen LogP contribution in [0.5, 0.6) is 0 Å². The number of nitrogens with zero attached hydrogens (tertiary/aromatic N) is 1. The SMILES string of the molecule is Clc1cc(C2=CC3CCNC3C2)cnc1Cl. The van der Waals surface area contributed by atoms with Crippen molar-refractivity contribution in [3.8, 4) is 0 Å². The van der Waals surface area contributed by atoms with E-state index in [0.717, 1.165) is 18.5 Å². The van der Waals surface area contributed by atoms with Crippen LogP contribution in [-0.2, 0) is 0 Å². The van der Waals surface area contributed by atoms with E-state index in [1.165, 1.54) is 12.0 Å². The van der Waals surface area contributed by atoms with Gasteiger partial charge < -0.3 is 5.32 Å². The zero-order chi connectivity index (χ0) is 11.1. The van der Waals surface area contributed by atoms with Crippen LogP contribution < -0.4 is 5.32 Å². The third kappa shape index (κ3) is 1.75. The number of halogens is 2. The van der Waals surface area contributed by atoms with E-state index < -0.39 is 0 Å². The average molecular weight is 255 g/mol. The summed E-state index contributed by atoms with van der Waals surface area (Å²) in [5.74, 6) is 0.685. The van der Waals surface area contributed by atoms with Gasteiger partial charge in [0.2, 0.25) is 0 Å². The first-order chi connectivity index (χ1) is 7.74. The molecule has 4 heteroatoms. The van der Waals surface area contributed by atoms with Crippen LogP contribution in [0.2, 0.25) is 10.2 Å². The highest BCUT2D eigenvalue weighted by atomic mass is 35.5. The molecule has 1 aromatic heterocycles. The van der Waals surface area contributed by atoms with Gasteiger partial charge in [0.25, 0.3) is 0 Å². The third-order valence-electron chi connectivity index (χ3n) is 3.42. The Hall–Kier alpha value is -0.570. The molecule has 3 rings (SSSR count). The standard InChI is InChI=1S/C12H12Cl2N2/c13-10-4-9(6-16-12(10)14)8-3-7-1-2-15-11(7)5-8/h3-4,6-7,11,15H,1-2,5H2. The summed E-state index contributed by atoms with van der Waals surface area (Å²) in [6.07, 6.45) is 6.47. The second kappa shape index (κ2) is 4.02. The normalized spacial score (nSPS) is 28.0. The van der Waals surface area contributed by atoms with E-state index in [2.05, 4.69) is 16.4 Å². The molecule has 2 unspecified atom stereocenters. The maximum atomic E-state index is 5.98. The van der Waals surface area contributed by atoms with Crippen LogP contribution in [0.15, 0.2) is 18.3 Å². The van der Waals surface area contributed by atoms with Crippen LogP contribution in [0.25, 0.3) is 5.57 Å². The lowest BCUT2D eigenvalue weighted by molar-refractivity contribution is 0.563. The summed E-state index contributed by atoms with van der Waals surface area (Å²) in [5, 5.41) is 4.42. The van der Waals surface area contributed by atoms with Crippen molar-refractivity contribution in [3.63, 3.8) is 0 Å². The number of rotatable bonds is 1. The van der Waals surface area contributed by atoms with Gasteiger partial charge in [0, 0.05) is 12.2 Å². The van der Waals surface area contributed by atoms with Crippen molar-refractivity contribution in [1.29, 1.82) is 0 Å². The molecule has 1 aromatic rings. The molecule has 2 nitrogen and oxygen atoms in total. The molecule has 2 atom stereocenters. The number of aromatic nitrogens is 1. The van der Waals surface area contributed by atoms with Gasteiger partial charge in [-0.25, -0.2) is 4.98 Å². The Labute approximate surface area is 105 Å². The Kier molecular flexibility index (Phi) is 2.66. The summed E-state index contributed by atoms with van der Waals surface area (Å²) in [7, 11) is 0. The maximum absolute atomic E-state index is 5.98. The Morgan fingerprint density at radius 1 is 1.38 bits per heavy atom. The van der Waals surface area contributed by atoms with Gasteiger partial charge in [0.15, 0.2) is 0 Å². The van der Waals surface area contributed by atoms with Gasteiger partial charge in [-0.05, 0) is 42.5 Å². The van der Waals surface area contributed by atoms with E-state index in [-0.39, 0.29) is 0 Å². The number of hydrogen-bond donors (Lipinski definition) is 1. The van der Waals surface area contributed by atoms with Gasteiger partial charge in [0.05, 0.1) is 5.02 Å². The molecular weight excluding hydrogens is 243 g/mol. The highest BCUT2D eigenvalue weighted by Crippen LogP contribution is 2.37. The highest BCUT2D eigenvalue weighted by molar-refractivity contribution is 6.41. The monoisotopic (exact) mass is 254 g/mol. The van der Waals surface area contributed by atoms with Crippen molar-refractivity contribution in [1.82, 2.24) is 10.3 Å². The van der Waals surface area contributed by atoms with E-state index >= 15 is 0 Å². The van der Waals surface area contributed by atoms with Gasteiger partial charge >= 0.3 is 0 Å². The first kappa shape index (κ1) is 10.6. The summed E-state index contributed by atoms with van der Waals surface area (Å²) in [4.78, 5) is 4.09. The quantitative estimate of drug-likeness (QED) is 0.780. The van der Waals surface area contributed by atoms with Crippen molar-refractivity contribution in [2.45, 2.75) is 18.9 Å². The lowest BCUT2D eigenvalue weighted by atomic mass is 10.1.